The van der Waals surface area contributed by atoms with Crippen molar-refractivity contribution in [1.82, 2.24) is 0 Å². The molecule has 0 saturated heterocycles. The molecule has 1 aliphatic rings. The monoisotopic (exact) mass is 370 g/mol. The minimum atomic E-state index is 0.185. The van der Waals surface area contributed by atoms with Crippen LogP contribution >= 0.6 is 0 Å². The van der Waals surface area contributed by atoms with Gasteiger partial charge in [-0.3, -0.25) is 0 Å². The number of aryl methyl sites for hydroxylation is 6. The van der Waals surface area contributed by atoms with Crippen LogP contribution in [0.5, 0.6) is 0 Å². The highest BCUT2D eigenvalue weighted by Crippen LogP contribution is 2.36. The van der Waals surface area contributed by atoms with Gasteiger partial charge < -0.3 is 0 Å². The van der Waals surface area contributed by atoms with Crippen molar-refractivity contribution in [2.75, 3.05) is 0 Å². The third-order valence-corrected chi connectivity index (χ3v) is 6.22. The standard InChI is InChI=1S/C27H35B/c1-17-12-19(3)25(20(4)13-17)28(24-11-10-23(16-24)27(7,8)9)26-21(5)14-18(2)15-22(26)6/h10-16,24H,1-9H3. The quantitative estimate of drug-likeness (QED) is 0.576. The zero-order valence-electron chi connectivity index (χ0n) is 19.2. The van der Waals surface area contributed by atoms with Crippen molar-refractivity contribution in [1.29, 1.82) is 0 Å². The first-order valence-electron chi connectivity index (χ1n) is 10.5. The van der Waals surface area contributed by atoms with Gasteiger partial charge in [-0.1, -0.05) is 108 Å². The molecule has 0 N–H and O–H groups in total. The Morgan fingerprint density at radius 3 is 1.39 bits per heavy atom. The van der Waals surface area contributed by atoms with E-state index in [2.05, 4.69) is 105 Å². The molecule has 0 heterocycles. The summed E-state index contributed by atoms with van der Waals surface area (Å²) >= 11 is 0. The lowest BCUT2D eigenvalue weighted by Crippen LogP contribution is -2.49. The molecule has 28 heavy (non-hydrogen) atoms. The number of hydrogen-bond donors (Lipinski definition) is 0. The molecule has 1 unspecified atom stereocenters. The van der Waals surface area contributed by atoms with E-state index >= 15 is 0 Å². The largest absolute Gasteiger partial charge is 0.221 e. The average Bonchev–Trinajstić information content (AvgIpc) is 3.01. The molecule has 3 rings (SSSR count). The average molecular weight is 370 g/mol. The van der Waals surface area contributed by atoms with E-state index in [-0.39, 0.29) is 5.41 Å². The van der Waals surface area contributed by atoms with Crippen LogP contribution in [0.4, 0.5) is 0 Å². The summed E-state index contributed by atoms with van der Waals surface area (Å²) in [4.78, 5) is 0. The van der Waals surface area contributed by atoms with Crippen molar-refractivity contribution >= 4 is 17.6 Å². The van der Waals surface area contributed by atoms with Gasteiger partial charge in [0.1, 0.15) is 0 Å². The first-order valence-corrected chi connectivity index (χ1v) is 10.5. The summed E-state index contributed by atoms with van der Waals surface area (Å²) in [5, 5.41) is 0. The molecule has 2 aromatic carbocycles. The Kier molecular flexibility index (Phi) is 5.50. The molecule has 0 aromatic heterocycles. The van der Waals surface area contributed by atoms with Gasteiger partial charge in [-0.15, -0.1) is 0 Å². The van der Waals surface area contributed by atoms with Crippen molar-refractivity contribution < 1.29 is 0 Å². The van der Waals surface area contributed by atoms with Crippen LogP contribution in [-0.4, -0.2) is 6.71 Å². The zero-order valence-corrected chi connectivity index (χ0v) is 19.2. The highest BCUT2D eigenvalue weighted by Gasteiger charge is 2.34. The van der Waals surface area contributed by atoms with E-state index in [4.69, 9.17) is 0 Å². The summed E-state index contributed by atoms with van der Waals surface area (Å²) in [5.41, 5.74) is 13.0. The van der Waals surface area contributed by atoms with E-state index in [1.54, 1.807) is 0 Å². The van der Waals surface area contributed by atoms with Gasteiger partial charge >= 0.3 is 0 Å². The molecule has 0 bridgehead atoms. The maximum absolute atomic E-state index is 2.52. The Balaban J connectivity index is 2.26. The van der Waals surface area contributed by atoms with Crippen LogP contribution in [0.15, 0.2) is 48.1 Å². The van der Waals surface area contributed by atoms with Crippen molar-refractivity contribution in [3.63, 3.8) is 0 Å². The second-order valence-electron chi connectivity index (χ2n) is 9.91. The second-order valence-corrected chi connectivity index (χ2v) is 9.91. The Bertz CT molecular complexity index is 863. The summed E-state index contributed by atoms with van der Waals surface area (Å²) in [6, 6.07) is 9.39. The lowest BCUT2D eigenvalue weighted by molar-refractivity contribution is 0.518. The van der Waals surface area contributed by atoms with Gasteiger partial charge in [-0.25, -0.2) is 0 Å². The van der Waals surface area contributed by atoms with Gasteiger partial charge in [-0.2, -0.15) is 0 Å². The topological polar surface area (TPSA) is 0 Å². The highest BCUT2D eigenvalue weighted by atomic mass is 14.2. The van der Waals surface area contributed by atoms with Crippen LogP contribution in [-0.2, 0) is 0 Å². The fourth-order valence-electron chi connectivity index (χ4n) is 5.13. The molecule has 0 nitrogen and oxygen atoms in total. The number of hydrogen-bond acceptors (Lipinski definition) is 0. The van der Waals surface area contributed by atoms with E-state index < -0.39 is 0 Å². The molecule has 0 fully saturated rings. The minimum Gasteiger partial charge on any atom is -0.0839 e. The summed E-state index contributed by atoms with van der Waals surface area (Å²) < 4.78 is 0. The maximum Gasteiger partial charge on any atom is 0.221 e. The fourth-order valence-corrected chi connectivity index (χ4v) is 5.13. The molecular weight excluding hydrogens is 335 g/mol. The minimum absolute atomic E-state index is 0.185. The summed E-state index contributed by atoms with van der Waals surface area (Å²) in [6.07, 6.45) is 7.31. The fraction of sp³-hybridized carbons (Fsp3) is 0.407. The molecule has 1 heteroatoms. The van der Waals surface area contributed by atoms with E-state index in [1.165, 1.54) is 49.9 Å². The van der Waals surface area contributed by atoms with Crippen molar-refractivity contribution in [2.45, 2.75) is 68.1 Å². The summed E-state index contributed by atoms with van der Waals surface area (Å²) in [7, 11) is 0. The predicted octanol–water partition coefficient (Wildman–Crippen LogP) is 6.06. The third kappa shape index (κ3) is 3.90. The van der Waals surface area contributed by atoms with Crippen LogP contribution < -0.4 is 10.9 Å². The summed E-state index contributed by atoms with van der Waals surface area (Å²) in [5.74, 6) is 0.398. The van der Waals surface area contributed by atoms with Crippen molar-refractivity contribution in [3.8, 4) is 0 Å². The lowest BCUT2D eigenvalue weighted by Gasteiger charge is -2.27. The van der Waals surface area contributed by atoms with Crippen molar-refractivity contribution in [3.05, 3.63) is 81.4 Å². The molecule has 1 aliphatic carbocycles. The summed E-state index contributed by atoms with van der Waals surface area (Å²) in [6.45, 7) is 20.8. The molecule has 0 aliphatic heterocycles. The van der Waals surface area contributed by atoms with Crippen LogP contribution in [0.25, 0.3) is 0 Å². The molecule has 0 spiro atoms. The van der Waals surface area contributed by atoms with Crippen LogP contribution in [0.3, 0.4) is 0 Å². The van der Waals surface area contributed by atoms with Crippen LogP contribution in [0, 0.1) is 47.0 Å². The van der Waals surface area contributed by atoms with E-state index in [9.17, 15) is 0 Å². The van der Waals surface area contributed by atoms with Crippen LogP contribution in [0.2, 0.25) is 5.82 Å². The molecular formula is C27H35B. The second kappa shape index (κ2) is 7.43. The van der Waals surface area contributed by atoms with E-state index in [0.29, 0.717) is 12.5 Å². The predicted molar refractivity (Wildman–Crippen MR) is 127 cm³/mol. The zero-order chi connectivity index (χ0) is 20.8. The Morgan fingerprint density at radius 1 is 0.679 bits per heavy atom. The van der Waals surface area contributed by atoms with Crippen LogP contribution in [0.1, 0.15) is 54.2 Å². The smallest absolute Gasteiger partial charge is 0.0839 e. The number of benzene rings is 2. The van der Waals surface area contributed by atoms with Gasteiger partial charge in [0.05, 0.1) is 0 Å². The van der Waals surface area contributed by atoms with Gasteiger partial charge in [0.2, 0.25) is 6.71 Å². The Labute approximate surface area is 172 Å². The Hall–Kier alpha value is -2.02. The highest BCUT2D eigenvalue weighted by molar-refractivity contribution is 6.88. The molecule has 0 amide bonds. The first-order chi connectivity index (χ1) is 13.0. The number of rotatable bonds is 3. The lowest BCUT2D eigenvalue weighted by atomic mass is 9.31. The van der Waals surface area contributed by atoms with Gasteiger partial charge in [0, 0.05) is 0 Å². The number of allylic oxidation sites excluding steroid dienone is 4. The SMILES string of the molecule is Cc1cc(C)c(B(c2c(C)cc(C)cc2C)C2C=CC(C(C)(C)C)=C2)c(C)c1. The van der Waals surface area contributed by atoms with Gasteiger partial charge in [-0.05, 0) is 58.3 Å². The molecule has 1 atom stereocenters. The van der Waals surface area contributed by atoms with Gasteiger partial charge in [0.25, 0.3) is 0 Å². The molecule has 2 aromatic rings. The molecule has 0 saturated carbocycles. The van der Waals surface area contributed by atoms with E-state index in [1.807, 2.05) is 0 Å². The maximum atomic E-state index is 2.52. The molecule has 146 valence electrons. The van der Waals surface area contributed by atoms with Crippen molar-refractivity contribution in [2.24, 2.45) is 5.41 Å². The Morgan fingerprint density at radius 2 is 1.07 bits per heavy atom. The first kappa shape index (κ1) is 20.7. The normalized spacial score (nSPS) is 16.5. The molecule has 0 radical (unpaired) electrons. The van der Waals surface area contributed by atoms with E-state index in [0.717, 1.165) is 0 Å². The van der Waals surface area contributed by atoms with Gasteiger partial charge in [0.15, 0.2) is 0 Å². The third-order valence-electron chi connectivity index (χ3n) is 6.22.